The molecule has 0 aliphatic heterocycles. The molecule has 2 atom stereocenters. The number of carbonyl (C=O) groups is 1. The molecule has 0 heterocycles. The van der Waals surface area contributed by atoms with Crippen LogP contribution in [0.5, 0.6) is 0 Å². The third kappa shape index (κ3) is 1.48. The molecule has 0 bridgehead atoms. The topological polar surface area (TPSA) is 52.3 Å². The fraction of sp³-hybridized carbons (Fsp3) is 0.417. The van der Waals surface area contributed by atoms with Crippen LogP contribution in [0, 0.1) is 0 Å². The molecular weight excluding hydrogens is 270 g/mol. The van der Waals surface area contributed by atoms with E-state index < -0.39 is 5.54 Å². The quantitative estimate of drug-likeness (QED) is 0.845. The average Bonchev–Trinajstić information content (AvgIpc) is 2.84. The summed E-state index contributed by atoms with van der Waals surface area (Å²) in [5.74, 6) is -0.335. The maximum absolute atomic E-state index is 11.6. The number of ether oxygens (including phenoxy) is 1. The van der Waals surface area contributed by atoms with E-state index in [0.29, 0.717) is 6.42 Å². The highest BCUT2D eigenvalue weighted by Crippen LogP contribution is 2.56. The molecule has 16 heavy (non-hydrogen) atoms. The fourth-order valence-electron chi connectivity index (χ4n) is 2.17. The highest BCUT2D eigenvalue weighted by Gasteiger charge is 2.68. The highest BCUT2D eigenvalue weighted by molar-refractivity contribution is 9.10. The Bertz CT molecular complexity index is 431. The molecule has 1 fully saturated rings. The Morgan fingerprint density at radius 1 is 1.44 bits per heavy atom. The smallest absolute Gasteiger partial charge is 0.326 e. The van der Waals surface area contributed by atoms with Crippen molar-refractivity contribution >= 4 is 21.9 Å². The van der Waals surface area contributed by atoms with Crippen molar-refractivity contribution in [3.63, 3.8) is 0 Å². The van der Waals surface area contributed by atoms with Crippen molar-refractivity contribution in [1.29, 1.82) is 0 Å². The summed E-state index contributed by atoms with van der Waals surface area (Å²) in [7, 11) is 1.37. The molecule has 1 aromatic rings. The van der Waals surface area contributed by atoms with E-state index in [2.05, 4.69) is 15.9 Å². The van der Waals surface area contributed by atoms with Gasteiger partial charge in [-0.15, -0.1) is 0 Å². The van der Waals surface area contributed by atoms with Gasteiger partial charge in [0.25, 0.3) is 0 Å². The molecule has 2 N–H and O–H groups in total. The van der Waals surface area contributed by atoms with E-state index in [1.807, 2.05) is 31.2 Å². The van der Waals surface area contributed by atoms with Crippen LogP contribution in [0.25, 0.3) is 0 Å². The van der Waals surface area contributed by atoms with Crippen LogP contribution in [0.1, 0.15) is 18.9 Å². The SMILES string of the molecule is COC(=O)[C@]1(N)C[C@@]1(C)c1ccc(Br)cc1. The van der Waals surface area contributed by atoms with Crippen LogP contribution in [0.15, 0.2) is 28.7 Å². The number of hydrogen-bond acceptors (Lipinski definition) is 3. The Kier molecular flexibility index (Phi) is 2.59. The summed E-state index contributed by atoms with van der Waals surface area (Å²) in [5.41, 5.74) is 5.97. The molecule has 1 aliphatic carbocycles. The van der Waals surface area contributed by atoms with Gasteiger partial charge in [0.2, 0.25) is 0 Å². The number of rotatable bonds is 2. The number of hydrogen-bond donors (Lipinski definition) is 1. The van der Waals surface area contributed by atoms with Crippen molar-refractivity contribution in [3.05, 3.63) is 34.3 Å². The van der Waals surface area contributed by atoms with Gasteiger partial charge in [-0.2, -0.15) is 0 Å². The third-order valence-corrected chi connectivity index (χ3v) is 4.05. The summed E-state index contributed by atoms with van der Waals surface area (Å²) < 4.78 is 5.76. The number of carbonyl (C=O) groups excluding carboxylic acids is 1. The summed E-state index contributed by atoms with van der Waals surface area (Å²) in [5, 5.41) is 0. The monoisotopic (exact) mass is 283 g/mol. The maximum atomic E-state index is 11.6. The van der Waals surface area contributed by atoms with E-state index in [4.69, 9.17) is 10.5 Å². The third-order valence-electron chi connectivity index (χ3n) is 3.52. The predicted octanol–water partition coefficient (Wildman–Crippen LogP) is 1.98. The van der Waals surface area contributed by atoms with Crippen LogP contribution >= 0.6 is 15.9 Å². The van der Waals surface area contributed by atoms with E-state index >= 15 is 0 Å². The highest BCUT2D eigenvalue weighted by atomic mass is 79.9. The van der Waals surface area contributed by atoms with Gasteiger partial charge in [-0.25, -0.2) is 0 Å². The number of nitrogens with two attached hydrogens (primary N) is 1. The molecule has 0 aromatic heterocycles. The van der Waals surface area contributed by atoms with Crippen LogP contribution < -0.4 is 5.73 Å². The Labute approximate surface area is 103 Å². The van der Waals surface area contributed by atoms with Crippen LogP contribution in [0.4, 0.5) is 0 Å². The zero-order valence-corrected chi connectivity index (χ0v) is 10.9. The summed E-state index contributed by atoms with van der Waals surface area (Å²) >= 11 is 3.38. The molecule has 0 spiro atoms. The van der Waals surface area contributed by atoms with Crippen LogP contribution in [0.2, 0.25) is 0 Å². The molecule has 2 rings (SSSR count). The minimum absolute atomic E-state index is 0.305. The van der Waals surface area contributed by atoms with Crippen molar-refractivity contribution < 1.29 is 9.53 Å². The van der Waals surface area contributed by atoms with E-state index in [-0.39, 0.29) is 11.4 Å². The molecule has 4 heteroatoms. The number of halogens is 1. The molecular formula is C12H14BrNO2. The van der Waals surface area contributed by atoms with Crippen molar-refractivity contribution in [1.82, 2.24) is 0 Å². The lowest BCUT2D eigenvalue weighted by atomic mass is 9.93. The van der Waals surface area contributed by atoms with E-state index in [0.717, 1.165) is 10.0 Å². The lowest BCUT2D eigenvalue weighted by Crippen LogP contribution is -2.41. The first-order valence-corrected chi connectivity index (χ1v) is 5.87. The summed E-state index contributed by atoms with van der Waals surface area (Å²) in [6, 6.07) is 7.89. The fourth-order valence-corrected chi connectivity index (χ4v) is 2.43. The summed E-state index contributed by atoms with van der Waals surface area (Å²) in [4.78, 5) is 11.6. The van der Waals surface area contributed by atoms with Gasteiger partial charge in [-0.1, -0.05) is 35.0 Å². The van der Waals surface area contributed by atoms with Gasteiger partial charge in [0.15, 0.2) is 0 Å². The Hall–Kier alpha value is -0.870. The molecule has 0 amide bonds. The molecule has 1 saturated carbocycles. The van der Waals surface area contributed by atoms with Crippen molar-refractivity contribution in [2.24, 2.45) is 5.73 Å². The van der Waals surface area contributed by atoms with Crippen LogP contribution in [-0.4, -0.2) is 18.6 Å². The van der Waals surface area contributed by atoms with Crippen molar-refractivity contribution in [3.8, 4) is 0 Å². The summed E-state index contributed by atoms with van der Waals surface area (Å²) in [6.45, 7) is 1.99. The zero-order chi connectivity index (χ0) is 12.0. The van der Waals surface area contributed by atoms with Crippen molar-refractivity contribution in [2.75, 3.05) is 7.11 Å². The predicted molar refractivity (Wildman–Crippen MR) is 65.0 cm³/mol. The minimum Gasteiger partial charge on any atom is -0.468 e. The van der Waals surface area contributed by atoms with Gasteiger partial charge in [-0.3, -0.25) is 4.79 Å². The molecule has 1 aliphatic rings. The van der Waals surface area contributed by atoms with Gasteiger partial charge in [0.1, 0.15) is 5.54 Å². The molecule has 0 saturated heterocycles. The molecule has 3 nitrogen and oxygen atoms in total. The van der Waals surface area contributed by atoms with Gasteiger partial charge in [0, 0.05) is 9.89 Å². The second kappa shape index (κ2) is 3.57. The number of methoxy groups -OCH3 is 1. The molecule has 1 aromatic carbocycles. The number of benzene rings is 1. The maximum Gasteiger partial charge on any atom is 0.326 e. The van der Waals surface area contributed by atoms with Crippen LogP contribution in [0.3, 0.4) is 0 Å². The second-order valence-electron chi connectivity index (χ2n) is 4.48. The lowest BCUT2D eigenvalue weighted by Gasteiger charge is -2.17. The van der Waals surface area contributed by atoms with Gasteiger partial charge < -0.3 is 10.5 Å². The largest absolute Gasteiger partial charge is 0.468 e. The van der Waals surface area contributed by atoms with Gasteiger partial charge >= 0.3 is 5.97 Å². The van der Waals surface area contributed by atoms with Crippen molar-refractivity contribution in [2.45, 2.75) is 24.3 Å². The van der Waals surface area contributed by atoms with Gasteiger partial charge in [0.05, 0.1) is 7.11 Å². The first-order chi connectivity index (χ1) is 7.44. The molecule has 0 radical (unpaired) electrons. The Morgan fingerprint density at radius 2 is 2.00 bits per heavy atom. The first-order valence-electron chi connectivity index (χ1n) is 5.07. The van der Waals surface area contributed by atoms with Gasteiger partial charge in [-0.05, 0) is 24.1 Å². The van der Waals surface area contributed by atoms with E-state index in [1.54, 1.807) is 0 Å². The molecule has 0 unspecified atom stereocenters. The Morgan fingerprint density at radius 3 is 2.50 bits per heavy atom. The second-order valence-corrected chi connectivity index (χ2v) is 5.39. The standard InChI is InChI=1S/C12H14BrNO2/c1-11(7-12(11,14)10(15)16-2)8-3-5-9(13)6-4-8/h3-6H,7,14H2,1-2H3/t11-,12+/m0/s1. The summed E-state index contributed by atoms with van der Waals surface area (Å²) in [6.07, 6.45) is 0.633. The van der Waals surface area contributed by atoms with Crippen LogP contribution in [-0.2, 0) is 14.9 Å². The van der Waals surface area contributed by atoms with E-state index in [1.165, 1.54) is 7.11 Å². The lowest BCUT2D eigenvalue weighted by molar-refractivity contribution is -0.143. The number of esters is 1. The first kappa shape index (κ1) is 11.6. The zero-order valence-electron chi connectivity index (χ0n) is 9.29. The minimum atomic E-state index is -0.865. The Balaban J connectivity index is 2.30. The van der Waals surface area contributed by atoms with E-state index in [9.17, 15) is 4.79 Å². The average molecular weight is 284 g/mol. The normalized spacial score (nSPS) is 32.2. The molecule has 86 valence electrons.